The highest BCUT2D eigenvalue weighted by Gasteiger charge is 2.75. The van der Waals surface area contributed by atoms with Gasteiger partial charge in [-0.25, -0.2) is 13.5 Å². The molecular weight excluding hydrogens is 517 g/mol. The molecule has 0 saturated heterocycles. The summed E-state index contributed by atoms with van der Waals surface area (Å²) < 4.78 is 48.1. The Morgan fingerprint density at radius 3 is 2.50 bits per heavy atom. The molecule has 0 heterocycles. The second-order valence-corrected chi connectivity index (χ2v) is 13.9. The van der Waals surface area contributed by atoms with E-state index in [1.54, 1.807) is 32.9 Å². The number of fused-ring (bicyclic) bond motifs is 5. The molecule has 0 aromatic heterocycles. The van der Waals surface area contributed by atoms with Crippen LogP contribution in [-0.4, -0.2) is 54.7 Å². The van der Waals surface area contributed by atoms with E-state index in [0.717, 1.165) is 11.1 Å². The molecule has 10 nitrogen and oxygen atoms in total. The molecule has 0 aliphatic heterocycles. The number of allylic oxidation sites excluding steroid dienone is 5. The largest absolute Gasteiger partial charge is 0.481 e. The predicted molar refractivity (Wildman–Crippen MR) is 126 cm³/mol. The zero-order valence-corrected chi connectivity index (χ0v) is 22.1. The van der Waals surface area contributed by atoms with Crippen molar-refractivity contribution in [1.29, 1.82) is 0 Å². The molecule has 13 heteroatoms. The molecule has 9 unspecified atom stereocenters. The van der Waals surface area contributed by atoms with Crippen LogP contribution in [0.4, 0.5) is 4.39 Å². The summed E-state index contributed by atoms with van der Waals surface area (Å²) in [5, 5.41) is 23.1. The van der Waals surface area contributed by atoms with Crippen molar-refractivity contribution in [3.63, 3.8) is 0 Å². The highest BCUT2D eigenvalue weighted by molar-refractivity contribution is 7.60. The minimum absolute atomic E-state index is 0.245. The van der Waals surface area contributed by atoms with E-state index in [9.17, 15) is 29.0 Å². The highest BCUT2D eigenvalue weighted by Crippen LogP contribution is 2.71. The molecule has 9 atom stereocenters. The number of alkyl halides is 1. The molecular formula is C23H33FO10P2. The maximum absolute atomic E-state index is 17.2. The minimum atomic E-state index is -5.40. The van der Waals surface area contributed by atoms with E-state index in [2.05, 4.69) is 15.4 Å². The van der Waals surface area contributed by atoms with Gasteiger partial charge in [0, 0.05) is 16.7 Å². The molecule has 4 aliphatic carbocycles. The first-order valence-electron chi connectivity index (χ1n) is 11.8. The summed E-state index contributed by atoms with van der Waals surface area (Å²) in [5.74, 6) is -2.92. The lowest BCUT2D eigenvalue weighted by Gasteiger charge is -2.62. The first-order valence-corrected chi connectivity index (χ1v) is 14.8. The van der Waals surface area contributed by atoms with Crippen molar-refractivity contribution < 1.29 is 52.0 Å². The normalized spacial score (nSPS) is 45.8. The Morgan fingerprint density at radius 2 is 1.89 bits per heavy atom. The highest BCUT2D eigenvalue weighted by atomic mass is 31.3. The Balaban J connectivity index is 1.66. The van der Waals surface area contributed by atoms with Crippen molar-refractivity contribution in [2.45, 2.75) is 63.8 Å². The molecule has 4 rings (SSSR count). The van der Waals surface area contributed by atoms with Gasteiger partial charge in [-0.05, 0) is 50.0 Å². The van der Waals surface area contributed by atoms with Crippen LogP contribution in [0.15, 0.2) is 36.0 Å². The molecule has 0 aromatic rings. The lowest BCUT2D eigenvalue weighted by molar-refractivity contribution is -0.219. The summed E-state index contributed by atoms with van der Waals surface area (Å²) in [7, 11) is -10.7. The average Bonchev–Trinajstić information content (AvgIpc) is 2.93. The number of halogens is 1. The van der Waals surface area contributed by atoms with Gasteiger partial charge in [-0.1, -0.05) is 44.2 Å². The Bertz CT molecular complexity index is 1150. The first kappa shape index (κ1) is 28.0. The molecule has 0 amide bonds. The first-order chi connectivity index (χ1) is 16.3. The fourth-order valence-corrected chi connectivity index (χ4v) is 9.17. The van der Waals surface area contributed by atoms with Crippen molar-refractivity contribution in [2.24, 2.45) is 28.6 Å². The topological polar surface area (TPSA) is 171 Å². The quantitative estimate of drug-likeness (QED) is 0.310. The third-order valence-electron chi connectivity index (χ3n) is 9.31. The van der Waals surface area contributed by atoms with Crippen LogP contribution < -0.4 is 0 Å². The Hall–Kier alpha value is -1.00. The monoisotopic (exact) mass is 550 g/mol. The molecule has 202 valence electrons. The number of hydrogen-bond acceptors (Lipinski definition) is 7. The summed E-state index contributed by atoms with van der Waals surface area (Å²) in [4.78, 5) is 40.3. The molecule has 36 heavy (non-hydrogen) atoms. The molecule has 3 fully saturated rings. The summed E-state index contributed by atoms with van der Waals surface area (Å²) in [6.45, 7) is 7.73. The summed E-state index contributed by atoms with van der Waals surface area (Å²) in [5.41, 5.74) is -5.01. The van der Waals surface area contributed by atoms with Gasteiger partial charge < -0.3 is 24.9 Å². The van der Waals surface area contributed by atoms with Gasteiger partial charge in [0.2, 0.25) is 0 Å². The van der Waals surface area contributed by atoms with Crippen LogP contribution in [0.5, 0.6) is 0 Å². The number of carbonyl (C=O) groups excluding carboxylic acids is 1. The van der Waals surface area contributed by atoms with Gasteiger partial charge in [0.1, 0.15) is 12.2 Å². The van der Waals surface area contributed by atoms with Crippen LogP contribution in [0.1, 0.15) is 46.5 Å². The third kappa shape index (κ3) is 3.91. The molecule has 5 N–H and O–H groups in total. The van der Waals surface area contributed by atoms with Gasteiger partial charge >= 0.3 is 15.6 Å². The molecule has 3 saturated carbocycles. The van der Waals surface area contributed by atoms with Crippen molar-refractivity contribution in [2.75, 3.05) is 6.61 Å². The number of hydrogen-bond donors (Lipinski definition) is 5. The molecule has 0 spiro atoms. The predicted octanol–water partition coefficient (Wildman–Crippen LogP) is 3.12. The van der Waals surface area contributed by atoms with E-state index < -0.39 is 74.0 Å². The van der Waals surface area contributed by atoms with E-state index in [1.165, 1.54) is 0 Å². The number of carbonyl (C=O) groups is 1. The van der Waals surface area contributed by atoms with Gasteiger partial charge in [-0.2, -0.15) is 4.31 Å². The molecule has 0 radical (unpaired) electrons. The molecule has 4 aliphatic rings. The van der Waals surface area contributed by atoms with Crippen LogP contribution in [0, 0.1) is 28.6 Å². The zero-order valence-electron chi connectivity index (χ0n) is 20.3. The number of phosphoric acid groups is 2. The van der Waals surface area contributed by atoms with Crippen LogP contribution >= 0.6 is 15.6 Å². The SMILES string of the molecule is C=C1C=CC2(C)C(=C1)CCC1C3CC(C)C(O)(C(=O)COP(=O)(O)OP(=O)(O)O)C3(C)CC(O)C12F. The van der Waals surface area contributed by atoms with E-state index in [1.807, 2.05) is 6.08 Å². The second kappa shape index (κ2) is 8.50. The van der Waals surface area contributed by atoms with Crippen LogP contribution in [0.25, 0.3) is 0 Å². The van der Waals surface area contributed by atoms with Gasteiger partial charge in [0.25, 0.3) is 0 Å². The third-order valence-corrected chi connectivity index (χ3v) is 11.4. The minimum Gasteiger partial charge on any atom is -0.390 e. The Labute approximate surface area is 208 Å². The number of Topliss-reactive ketones (excluding diaryl/α,β-unsaturated/α-hetero) is 1. The zero-order chi connectivity index (χ0) is 27.1. The lowest BCUT2D eigenvalue weighted by Crippen LogP contribution is -2.69. The number of aliphatic hydroxyl groups excluding tert-OH is 1. The van der Waals surface area contributed by atoms with Gasteiger partial charge in [-0.3, -0.25) is 9.32 Å². The standard InChI is InChI=1S/C23H33FO10P2/c1-13-7-8-20(3)15(9-13)5-6-16-17-10-14(2)23(27,21(17,4)11-18(25)22(16,20)24)19(26)12-33-36(31,32)34-35(28,29)30/h7-9,14,16-18,25,27H,1,5-6,10-12H2,2-4H3,(H,31,32)(H2,28,29,30). The summed E-state index contributed by atoms with van der Waals surface area (Å²) in [6, 6.07) is 0. The van der Waals surface area contributed by atoms with Gasteiger partial charge in [0.05, 0.1) is 6.10 Å². The van der Waals surface area contributed by atoms with Crippen LogP contribution in [0.3, 0.4) is 0 Å². The molecule has 0 bridgehead atoms. The van der Waals surface area contributed by atoms with Gasteiger partial charge in [0.15, 0.2) is 11.5 Å². The second-order valence-electron chi connectivity index (χ2n) is 11.1. The van der Waals surface area contributed by atoms with E-state index in [4.69, 9.17) is 9.79 Å². The summed E-state index contributed by atoms with van der Waals surface area (Å²) >= 11 is 0. The van der Waals surface area contributed by atoms with Crippen molar-refractivity contribution >= 4 is 21.4 Å². The Kier molecular flexibility index (Phi) is 6.62. The van der Waals surface area contributed by atoms with Gasteiger partial charge in [-0.15, -0.1) is 0 Å². The number of aliphatic hydroxyl groups is 2. The summed E-state index contributed by atoms with van der Waals surface area (Å²) in [6.07, 6.45) is 4.77. The Morgan fingerprint density at radius 1 is 1.25 bits per heavy atom. The van der Waals surface area contributed by atoms with E-state index in [-0.39, 0.29) is 12.8 Å². The number of ketones is 1. The van der Waals surface area contributed by atoms with E-state index >= 15 is 4.39 Å². The van der Waals surface area contributed by atoms with Crippen molar-refractivity contribution in [3.8, 4) is 0 Å². The maximum Gasteiger partial charge on any atom is 0.481 e. The molecule has 0 aromatic carbocycles. The fraction of sp³-hybridized carbons (Fsp3) is 0.696. The van der Waals surface area contributed by atoms with E-state index in [0.29, 0.717) is 12.8 Å². The van der Waals surface area contributed by atoms with Crippen molar-refractivity contribution in [3.05, 3.63) is 36.0 Å². The van der Waals surface area contributed by atoms with Crippen molar-refractivity contribution in [1.82, 2.24) is 0 Å². The number of rotatable bonds is 6. The number of phosphoric ester groups is 1. The average molecular weight is 550 g/mol. The lowest BCUT2D eigenvalue weighted by atomic mass is 9.44. The smallest absolute Gasteiger partial charge is 0.390 e. The van der Waals surface area contributed by atoms with Crippen LogP contribution in [0.2, 0.25) is 0 Å². The van der Waals surface area contributed by atoms with Crippen LogP contribution in [-0.2, 0) is 22.8 Å². The fourth-order valence-electron chi connectivity index (χ4n) is 7.63. The maximum atomic E-state index is 17.2.